The summed E-state index contributed by atoms with van der Waals surface area (Å²) in [5.74, 6) is 0.789. The van der Waals surface area contributed by atoms with Crippen LogP contribution < -0.4 is 5.32 Å². The van der Waals surface area contributed by atoms with E-state index in [1.54, 1.807) is 0 Å². The second kappa shape index (κ2) is 6.49. The summed E-state index contributed by atoms with van der Waals surface area (Å²) in [6, 6.07) is 1.49. The molecule has 0 bridgehead atoms. The lowest BCUT2D eigenvalue weighted by molar-refractivity contribution is 0.0852. The Balaban J connectivity index is 2.41. The summed E-state index contributed by atoms with van der Waals surface area (Å²) in [5, 5.41) is 3.69. The molecule has 1 aliphatic rings. The highest BCUT2D eigenvalue weighted by atomic mass is 15.2. The summed E-state index contributed by atoms with van der Waals surface area (Å²) in [6.07, 6.45) is 3.85. The molecule has 0 aromatic heterocycles. The Labute approximate surface area is 95.4 Å². The highest BCUT2D eigenvalue weighted by Crippen LogP contribution is 2.23. The maximum absolute atomic E-state index is 3.69. The van der Waals surface area contributed by atoms with Gasteiger partial charge in [0.15, 0.2) is 0 Å². The van der Waals surface area contributed by atoms with E-state index in [1.165, 1.54) is 38.9 Å². The molecule has 1 rings (SSSR count). The highest BCUT2D eigenvalue weighted by Gasteiger charge is 2.31. The van der Waals surface area contributed by atoms with Crippen molar-refractivity contribution < 1.29 is 0 Å². The number of nitrogens with one attached hydrogen (secondary N) is 1. The Morgan fingerprint density at radius 1 is 1.20 bits per heavy atom. The molecule has 1 fully saturated rings. The Morgan fingerprint density at radius 3 is 2.53 bits per heavy atom. The number of piperidine rings is 1. The minimum Gasteiger partial charge on any atom is -0.314 e. The molecule has 0 aromatic carbocycles. The number of nitrogens with zero attached hydrogens (tertiary/aromatic N) is 1. The van der Waals surface area contributed by atoms with Crippen LogP contribution in [0, 0.1) is 5.92 Å². The van der Waals surface area contributed by atoms with Gasteiger partial charge in [-0.2, -0.15) is 0 Å². The molecule has 15 heavy (non-hydrogen) atoms. The van der Waals surface area contributed by atoms with Crippen LogP contribution in [0.4, 0.5) is 0 Å². The lowest BCUT2D eigenvalue weighted by Gasteiger charge is -2.43. The largest absolute Gasteiger partial charge is 0.314 e. The first-order valence-corrected chi connectivity index (χ1v) is 6.68. The maximum Gasteiger partial charge on any atom is 0.0120 e. The molecule has 0 aliphatic carbocycles. The van der Waals surface area contributed by atoms with E-state index >= 15 is 0 Å². The fraction of sp³-hybridized carbons (Fsp3) is 1.00. The second-order valence-electron chi connectivity index (χ2n) is 4.98. The van der Waals surface area contributed by atoms with Crippen molar-refractivity contribution in [3.63, 3.8) is 0 Å². The van der Waals surface area contributed by atoms with Crippen molar-refractivity contribution in [3.8, 4) is 0 Å². The molecule has 0 amide bonds. The lowest BCUT2D eigenvalue weighted by Crippen LogP contribution is -2.53. The van der Waals surface area contributed by atoms with E-state index in [-0.39, 0.29) is 0 Å². The molecule has 1 saturated heterocycles. The summed E-state index contributed by atoms with van der Waals surface area (Å²) < 4.78 is 0. The fourth-order valence-electron chi connectivity index (χ4n) is 2.66. The first-order valence-electron chi connectivity index (χ1n) is 6.68. The van der Waals surface area contributed by atoms with Crippen molar-refractivity contribution >= 4 is 0 Å². The van der Waals surface area contributed by atoms with Gasteiger partial charge >= 0.3 is 0 Å². The standard InChI is InChI=1S/C13H28N2/c1-5-8-14-13-7-10-15(9-6-2)12(4)11(13)3/h11-14H,5-10H2,1-4H3. The van der Waals surface area contributed by atoms with Crippen LogP contribution in [0.25, 0.3) is 0 Å². The Hall–Kier alpha value is -0.0800. The summed E-state index contributed by atoms with van der Waals surface area (Å²) in [5.41, 5.74) is 0. The molecule has 1 N–H and O–H groups in total. The van der Waals surface area contributed by atoms with E-state index in [4.69, 9.17) is 0 Å². The smallest absolute Gasteiger partial charge is 0.0120 e. The molecule has 0 aromatic rings. The number of likely N-dealkylation sites (tertiary alicyclic amines) is 1. The van der Waals surface area contributed by atoms with Crippen molar-refractivity contribution in [1.82, 2.24) is 10.2 Å². The first kappa shape index (κ1) is 13.0. The average molecular weight is 212 g/mol. The van der Waals surface area contributed by atoms with Crippen LogP contribution in [0.3, 0.4) is 0 Å². The monoisotopic (exact) mass is 212 g/mol. The van der Waals surface area contributed by atoms with E-state index in [0.29, 0.717) is 0 Å². The Morgan fingerprint density at radius 2 is 1.93 bits per heavy atom. The van der Waals surface area contributed by atoms with E-state index in [2.05, 4.69) is 37.9 Å². The van der Waals surface area contributed by atoms with Crippen LogP contribution in [0.2, 0.25) is 0 Å². The Bertz CT molecular complexity index is 168. The number of hydrogen-bond donors (Lipinski definition) is 1. The Kier molecular flexibility index (Phi) is 5.62. The molecule has 1 heterocycles. The van der Waals surface area contributed by atoms with Gasteiger partial charge in [-0.25, -0.2) is 0 Å². The molecular weight excluding hydrogens is 184 g/mol. The minimum atomic E-state index is 0.744. The maximum atomic E-state index is 3.69. The molecule has 0 radical (unpaired) electrons. The predicted octanol–water partition coefficient (Wildman–Crippen LogP) is 2.49. The normalized spacial score (nSPS) is 33.2. The van der Waals surface area contributed by atoms with Crippen molar-refractivity contribution in [2.24, 2.45) is 5.92 Å². The van der Waals surface area contributed by atoms with Crippen LogP contribution in [0.1, 0.15) is 47.0 Å². The van der Waals surface area contributed by atoms with Gasteiger partial charge in [-0.3, -0.25) is 0 Å². The van der Waals surface area contributed by atoms with Gasteiger partial charge in [-0.15, -0.1) is 0 Å². The second-order valence-corrected chi connectivity index (χ2v) is 4.98. The molecule has 3 unspecified atom stereocenters. The number of rotatable bonds is 5. The zero-order valence-corrected chi connectivity index (χ0v) is 10.9. The molecule has 90 valence electrons. The van der Waals surface area contributed by atoms with Gasteiger partial charge < -0.3 is 10.2 Å². The summed E-state index contributed by atoms with van der Waals surface area (Å²) in [4.78, 5) is 2.65. The third-order valence-corrected chi connectivity index (χ3v) is 3.87. The first-order chi connectivity index (χ1) is 7.20. The van der Waals surface area contributed by atoms with Gasteiger partial charge in [-0.05, 0) is 51.7 Å². The molecule has 2 heteroatoms. The van der Waals surface area contributed by atoms with E-state index < -0.39 is 0 Å². The topological polar surface area (TPSA) is 15.3 Å². The van der Waals surface area contributed by atoms with Gasteiger partial charge in [0.1, 0.15) is 0 Å². The fourth-order valence-corrected chi connectivity index (χ4v) is 2.66. The van der Waals surface area contributed by atoms with Crippen LogP contribution in [-0.4, -0.2) is 36.6 Å². The van der Waals surface area contributed by atoms with Crippen LogP contribution in [0.5, 0.6) is 0 Å². The number of hydrogen-bond acceptors (Lipinski definition) is 2. The van der Waals surface area contributed by atoms with Gasteiger partial charge in [0, 0.05) is 12.1 Å². The summed E-state index contributed by atoms with van der Waals surface area (Å²) in [7, 11) is 0. The third kappa shape index (κ3) is 3.46. The van der Waals surface area contributed by atoms with Gasteiger partial charge in [0.25, 0.3) is 0 Å². The van der Waals surface area contributed by atoms with E-state index in [1.807, 2.05) is 0 Å². The molecule has 0 spiro atoms. The van der Waals surface area contributed by atoms with Crippen molar-refractivity contribution in [1.29, 1.82) is 0 Å². The molecule has 3 atom stereocenters. The van der Waals surface area contributed by atoms with E-state index in [0.717, 1.165) is 18.0 Å². The van der Waals surface area contributed by atoms with Crippen molar-refractivity contribution in [3.05, 3.63) is 0 Å². The SMILES string of the molecule is CCCNC1CCN(CCC)C(C)C1C. The molecule has 1 aliphatic heterocycles. The van der Waals surface area contributed by atoms with Crippen LogP contribution in [-0.2, 0) is 0 Å². The minimum absolute atomic E-state index is 0.744. The zero-order chi connectivity index (χ0) is 11.3. The van der Waals surface area contributed by atoms with Gasteiger partial charge in [0.05, 0.1) is 0 Å². The van der Waals surface area contributed by atoms with Crippen molar-refractivity contribution in [2.45, 2.75) is 59.0 Å². The average Bonchev–Trinajstić information content (AvgIpc) is 2.24. The lowest BCUT2D eigenvalue weighted by atomic mass is 9.87. The summed E-state index contributed by atoms with van der Waals surface area (Å²) >= 11 is 0. The third-order valence-electron chi connectivity index (χ3n) is 3.87. The van der Waals surface area contributed by atoms with Crippen LogP contribution >= 0.6 is 0 Å². The molecular formula is C13H28N2. The molecule has 0 saturated carbocycles. The zero-order valence-electron chi connectivity index (χ0n) is 10.9. The van der Waals surface area contributed by atoms with Gasteiger partial charge in [-0.1, -0.05) is 20.8 Å². The van der Waals surface area contributed by atoms with Crippen molar-refractivity contribution in [2.75, 3.05) is 19.6 Å². The highest BCUT2D eigenvalue weighted by molar-refractivity contribution is 4.88. The summed E-state index contributed by atoms with van der Waals surface area (Å²) in [6.45, 7) is 13.0. The van der Waals surface area contributed by atoms with E-state index in [9.17, 15) is 0 Å². The quantitative estimate of drug-likeness (QED) is 0.753. The van der Waals surface area contributed by atoms with Crippen LogP contribution in [0.15, 0.2) is 0 Å². The predicted molar refractivity (Wildman–Crippen MR) is 67.2 cm³/mol. The van der Waals surface area contributed by atoms with Gasteiger partial charge in [0.2, 0.25) is 0 Å². The molecule has 2 nitrogen and oxygen atoms in total.